The highest BCUT2D eigenvalue weighted by Crippen LogP contribution is 2.01. The lowest BCUT2D eigenvalue weighted by Gasteiger charge is -1.95. The topological polar surface area (TPSA) is 17.1 Å². The van der Waals surface area contributed by atoms with Gasteiger partial charge in [0.05, 0.1) is 0 Å². The molecule has 0 saturated carbocycles. The number of hydrogen-bond acceptors (Lipinski definition) is 1. The van der Waals surface area contributed by atoms with Crippen LogP contribution < -0.4 is 0 Å². The second-order valence-electron chi connectivity index (χ2n) is 3.90. The van der Waals surface area contributed by atoms with E-state index in [-0.39, 0.29) is 0 Å². The molecule has 0 bridgehead atoms. The van der Waals surface area contributed by atoms with Gasteiger partial charge < -0.3 is 0 Å². The Morgan fingerprint density at radius 2 is 1.53 bits per heavy atom. The molecule has 1 nitrogen and oxygen atoms in total. The molecule has 0 spiro atoms. The Hall–Kier alpha value is -1.37. The van der Waals surface area contributed by atoms with Crippen molar-refractivity contribution in [3.63, 3.8) is 0 Å². The first-order valence-electron chi connectivity index (χ1n) is 5.18. The maximum absolute atomic E-state index is 10.3. The van der Waals surface area contributed by atoms with Crippen molar-refractivity contribution in [1.29, 1.82) is 0 Å². The van der Waals surface area contributed by atoms with Gasteiger partial charge in [-0.25, -0.2) is 0 Å². The fourth-order valence-corrected chi connectivity index (χ4v) is 0.909. The SMILES string of the molecule is CC(C)=C/C=C\[C@H](C)/C=C/C=C(\C)C=O. The van der Waals surface area contributed by atoms with Crippen LogP contribution in [0.2, 0.25) is 0 Å². The molecule has 1 atom stereocenters. The van der Waals surface area contributed by atoms with Crippen LogP contribution >= 0.6 is 0 Å². The lowest BCUT2D eigenvalue weighted by Crippen LogP contribution is -1.81. The van der Waals surface area contributed by atoms with Crippen LogP contribution in [0, 0.1) is 5.92 Å². The molecule has 15 heavy (non-hydrogen) atoms. The van der Waals surface area contributed by atoms with Crippen LogP contribution in [0.1, 0.15) is 27.7 Å². The van der Waals surface area contributed by atoms with Gasteiger partial charge in [0.15, 0.2) is 0 Å². The third kappa shape index (κ3) is 8.95. The Bertz CT molecular complexity index is 299. The molecule has 0 aliphatic carbocycles. The quantitative estimate of drug-likeness (QED) is 0.378. The summed E-state index contributed by atoms with van der Waals surface area (Å²) in [5.74, 6) is 0.385. The third-order valence-corrected chi connectivity index (χ3v) is 1.80. The second-order valence-corrected chi connectivity index (χ2v) is 3.90. The van der Waals surface area contributed by atoms with E-state index in [4.69, 9.17) is 0 Å². The number of allylic oxidation sites excluding steroid dienone is 8. The molecule has 0 aliphatic heterocycles. The number of carbonyl (C=O) groups is 1. The van der Waals surface area contributed by atoms with Gasteiger partial charge in [0.1, 0.15) is 6.29 Å². The molecule has 0 unspecified atom stereocenters. The molecule has 0 aromatic heterocycles. The molecule has 0 aliphatic rings. The standard InChI is InChI=1S/C14H20O/c1-12(2)7-5-8-13(3)9-6-10-14(4)11-15/h5-11,13H,1-4H3/b8-5-,9-6+,14-10+/t13-/m0/s1. The fraction of sp³-hybridized carbons (Fsp3) is 0.357. The molecule has 1 heteroatoms. The smallest absolute Gasteiger partial charge is 0.145 e. The Morgan fingerprint density at radius 3 is 2.00 bits per heavy atom. The summed E-state index contributed by atoms with van der Waals surface area (Å²) < 4.78 is 0. The van der Waals surface area contributed by atoms with Crippen molar-refractivity contribution in [2.75, 3.05) is 0 Å². The van der Waals surface area contributed by atoms with Gasteiger partial charge in [-0.15, -0.1) is 0 Å². The molecule has 0 N–H and O–H groups in total. The Kier molecular flexibility index (Phi) is 7.25. The predicted molar refractivity (Wildman–Crippen MR) is 66.7 cm³/mol. The highest BCUT2D eigenvalue weighted by Gasteiger charge is 1.87. The molecule has 0 aromatic rings. The van der Waals surface area contributed by atoms with E-state index < -0.39 is 0 Å². The summed E-state index contributed by atoms with van der Waals surface area (Å²) in [5, 5.41) is 0. The summed E-state index contributed by atoms with van der Waals surface area (Å²) in [6.45, 7) is 8.04. The van der Waals surface area contributed by atoms with Crippen molar-refractivity contribution in [3.05, 3.63) is 47.6 Å². The molecule has 0 rings (SSSR count). The van der Waals surface area contributed by atoms with Crippen molar-refractivity contribution < 1.29 is 4.79 Å². The van der Waals surface area contributed by atoms with E-state index >= 15 is 0 Å². The average molecular weight is 204 g/mol. The minimum atomic E-state index is 0.385. The first kappa shape index (κ1) is 13.6. The zero-order valence-electron chi connectivity index (χ0n) is 10.0. The van der Waals surface area contributed by atoms with E-state index in [1.165, 1.54) is 5.57 Å². The monoisotopic (exact) mass is 204 g/mol. The van der Waals surface area contributed by atoms with Crippen molar-refractivity contribution >= 4 is 6.29 Å². The second kappa shape index (κ2) is 7.98. The van der Waals surface area contributed by atoms with Crippen LogP contribution in [-0.4, -0.2) is 6.29 Å². The average Bonchev–Trinajstić information content (AvgIpc) is 2.17. The van der Waals surface area contributed by atoms with E-state index in [1.54, 1.807) is 6.92 Å². The van der Waals surface area contributed by atoms with Crippen LogP contribution in [0.4, 0.5) is 0 Å². The molecule has 82 valence electrons. The maximum Gasteiger partial charge on any atom is 0.145 e. The van der Waals surface area contributed by atoms with Gasteiger partial charge >= 0.3 is 0 Å². The Labute approximate surface area is 92.9 Å². The summed E-state index contributed by atoms with van der Waals surface area (Å²) >= 11 is 0. The summed E-state index contributed by atoms with van der Waals surface area (Å²) in [6, 6.07) is 0. The van der Waals surface area contributed by atoms with Gasteiger partial charge in [0, 0.05) is 0 Å². The molecular weight excluding hydrogens is 184 g/mol. The van der Waals surface area contributed by atoms with E-state index in [0.29, 0.717) is 5.92 Å². The largest absolute Gasteiger partial charge is 0.298 e. The van der Waals surface area contributed by atoms with Crippen molar-refractivity contribution in [3.8, 4) is 0 Å². The molecule has 0 radical (unpaired) electrons. The summed E-state index contributed by atoms with van der Waals surface area (Å²) in [6.07, 6.45) is 12.9. The number of aldehydes is 1. The van der Waals surface area contributed by atoms with Crippen LogP contribution in [0.15, 0.2) is 47.6 Å². The first-order valence-corrected chi connectivity index (χ1v) is 5.18. The fourth-order valence-electron chi connectivity index (χ4n) is 0.909. The molecule has 0 amide bonds. The van der Waals surface area contributed by atoms with Gasteiger partial charge in [-0.3, -0.25) is 4.79 Å². The molecule has 0 heterocycles. The first-order chi connectivity index (χ1) is 7.06. The summed E-state index contributed by atoms with van der Waals surface area (Å²) in [5.41, 5.74) is 2.03. The third-order valence-electron chi connectivity index (χ3n) is 1.80. The molecule has 0 saturated heterocycles. The van der Waals surface area contributed by atoms with Gasteiger partial charge in [-0.1, -0.05) is 49.0 Å². The van der Waals surface area contributed by atoms with Gasteiger partial charge in [0.25, 0.3) is 0 Å². The van der Waals surface area contributed by atoms with E-state index in [0.717, 1.165) is 11.9 Å². The summed E-state index contributed by atoms with van der Waals surface area (Å²) in [7, 11) is 0. The minimum Gasteiger partial charge on any atom is -0.298 e. The predicted octanol–water partition coefficient (Wildman–Crippen LogP) is 3.85. The number of hydrogen-bond donors (Lipinski definition) is 0. The number of rotatable bonds is 5. The van der Waals surface area contributed by atoms with Crippen molar-refractivity contribution in [2.24, 2.45) is 5.92 Å². The van der Waals surface area contributed by atoms with Crippen LogP contribution in [0.3, 0.4) is 0 Å². The van der Waals surface area contributed by atoms with Gasteiger partial charge in [0.2, 0.25) is 0 Å². The zero-order chi connectivity index (χ0) is 11.7. The van der Waals surface area contributed by atoms with Crippen LogP contribution in [0.5, 0.6) is 0 Å². The number of carbonyl (C=O) groups excluding carboxylic acids is 1. The van der Waals surface area contributed by atoms with E-state index in [2.05, 4.69) is 45.1 Å². The van der Waals surface area contributed by atoms with E-state index in [1.807, 2.05) is 12.2 Å². The highest BCUT2D eigenvalue weighted by atomic mass is 16.1. The molecule has 0 aromatic carbocycles. The van der Waals surface area contributed by atoms with Crippen molar-refractivity contribution in [1.82, 2.24) is 0 Å². The lowest BCUT2D eigenvalue weighted by atomic mass is 10.1. The normalized spacial score (nSPS) is 14.5. The zero-order valence-corrected chi connectivity index (χ0v) is 10.0. The van der Waals surface area contributed by atoms with Crippen molar-refractivity contribution in [2.45, 2.75) is 27.7 Å². The van der Waals surface area contributed by atoms with Crippen LogP contribution in [-0.2, 0) is 4.79 Å². The van der Waals surface area contributed by atoms with E-state index in [9.17, 15) is 4.79 Å². The highest BCUT2D eigenvalue weighted by molar-refractivity contribution is 5.72. The Morgan fingerprint density at radius 1 is 1.00 bits per heavy atom. The summed E-state index contributed by atoms with van der Waals surface area (Å²) in [4.78, 5) is 10.3. The van der Waals surface area contributed by atoms with Crippen LogP contribution in [0.25, 0.3) is 0 Å². The Balaban J connectivity index is 4.14. The molecular formula is C14H20O. The lowest BCUT2D eigenvalue weighted by molar-refractivity contribution is -0.104. The molecule has 0 fully saturated rings. The van der Waals surface area contributed by atoms with Gasteiger partial charge in [-0.05, 0) is 32.3 Å². The minimum absolute atomic E-state index is 0.385. The van der Waals surface area contributed by atoms with Gasteiger partial charge in [-0.2, -0.15) is 0 Å². The maximum atomic E-state index is 10.3.